The van der Waals surface area contributed by atoms with Crippen molar-refractivity contribution >= 4 is 11.8 Å². The minimum absolute atomic E-state index is 0.560. The van der Waals surface area contributed by atoms with E-state index in [4.69, 9.17) is 11.8 Å². The molecule has 0 amide bonds. The van der Waals surface area contributed by atoms with Crippen molar-refractivity contribution in [2.75, 3.05) is 20.3 Å². The highest BCUT2D eigenvalue weighted by atomic mass is 35.5. The minimum atomic E-state index is 0.560. The van der Waals surface area contributed by atoms with Crippen molar-refractivity contribution in [2.24, 2.45) is 0 Å². The maximum atomic E-state index is 6.25. The lowest BCUT2D eigenvalue weighted by molar-refractivity contribution is -0.763. The van der Waals surface area contributed by atoms with Gasteiger partial charge in [0, 0.05) is 7.05 Å². The van der Waals surface area contributed by atoms with Gasteiger partial charge in [0.25, 0.3) is 0 Å². The Kier molecular flexibility index (Phi) is 2.79. The van der Waals surface area contributed by atoms with E-state index < -0.39 is 0 Å². The first-order valence-corrected chi connectivity index (χ1v) is 4.46. The van der Waals surface area contributed by atoms with Crippen LogP contribution in [0.4, 0.5) is 0 Å². The van der Waals surface area contributed by atoms with Gasteiger partial charge in [0.2, 0.25) is 0 Å². The smallest absolute Gasteiger partial charge is 0.175 e. The molecule has 0 fully saturated rings. The van der Waals surface area contributed by atoms with E-state index in [-0.39, 0.29) is 0 Å². The van der Waals surface area contributed by atoms with E-state index in [0.29, 0.717) is 4.00 Å². The van der Waals surface area contributed by atoms with E-state index in [0.717, 1.165) is 13.2 Å². The number of hydrogen-bond donors (Lipinski definition) is 0. The molecule has 11 heavy (non-hydrogen) atoms. The van der Waals surface area contributed by atoms with Crippen LogP contribution in [0.1, 0.15) is 19.8 Å². The van der Waals surface area contributed by atoms with Crippen molar-refractivity contribution in [3.8, 4) is 0 Å². The molecule has 0 aromatic heterocycles. The lowest BCUT2D eigenvalue weighted by Gasteiger charge is -2.21. The van der Waals surface area contributed by atoms with Gasteiger partial charge in [-0.2, -0.15) is 4.00 Å². The van der Waals surface area contributed by atoms with Crippen LogP contribution in [0.2, 0.25) is 0 Å². The molecule has 1 aliphatic rings. The molecule has 64 valence electrons. The molecule has 1 rings (SSSR count). The summed E-state index contributed by atoms with van der Waals surface area (Å²) in [5, 5.41) is 0. The molecule has 0 aromatic rings. The summed E-state index contributed by atoms with van der Waals surface area (Å²) >= 11 is 6.25. The topological polar surface area (TPSA) is 3.24 Å². The summed E-state index contributed by atoms with van der Waals surface area (Å²) in [5.41, 5.74) is 0. The largest absolute Gasteiger partial charge is 0.328 e. The number of quaternary nitrogens is 1. The summed E-state index contributed by atoms with van der Waals surface area (Å²) in [7, 11) is 2.05. The molecule has 0 saturated carbocycles. The molecular weight excluding hydrogens is 160 g/mol. The Bertz CT molecular complexity index is 158. The Morgan fingerprint density at radius 1 is 1.64 bits per heavy atom. The Morgan fingerprint density at radius 3 is 2.82 bits per heavy atom. The molecule has 0 N–H and O–H groups in total. The molecule has 0 aliphatic carbocycles. The summed E-state index contributed by atoms with van der Waals surface area (Å²) in [6.07, 6.45) is 6.51. The second-order valence-corrected chi connectivity index (χ2v) is 3.87. The second kappa shape index (κ2) is 3.46. The normalized spacial score (nSPS) is 29.9. The van der Waals surface area contributed by atoms with Gasteiger partial charge in [0.1, 0.15) is 12.7 Å². The minimum Gasteiger partial charge on any atom is -0.328 e. The molecule has 2 nitrogen and oxygen atoms in total. The summed E-state index contributed by atoms with van der Waals surface area (Å²) in [6.45, 7) is 4.13. The van der Waals surface area contributed by atoms with E-state index in [1.54, 1.807) is 0 Å². The van der Waals surface area contributed by atoms with E-state index in [1.807, 2.05) is 13.2 Å². The summed E-state index contributed by atoms with van der Waals surface area (Å²) in [4.78, 5) is 2.11. The monoisotopic (exact) mass is 175 g/mol. The fourth-order valence-corrected chi connectivity index (χ4v) is 1.60. The molecule has 3 heteroatoms. The van der Waals surface area contributed by atoms with E-state index in [2.05, 4.69) is 18.0 Å². The molecule has 1 unspecified atom stereocenters. The average molecular weight is 176 g/mol. The second-order valence-electron chi connectivity index (χ2n) is 3.20. The summed E-state index contributed by atoms with van der Waals surface area (Å²) in [6, 6.07) is 0. The van der Waals surface area contributed by atoms with Gasteiger partial charge in [0.05, 0.1) is 6.20 Å². The molecule has 1 atom stereocenters. The molecule has 0 aromatic carbocycles. The van der Waals surface area contributed by atoms with Crippen molar-refractivity contribution < 1.29 is 4.00 Å². The van der Waals surface area contributed by atoms with E-state index in [1.165, 1.54) is 12.8 Å². The zero-order valence-electron chi connectivity index (χ0n) is 7.26. The highest BCUT2D eigenvalue weighted by Crippen LogP contribution is 2.21. The standard InChI is InChI=1S/C8H16ClN2/c1-3-4-6-11(9)7-5-10(2)8-11/h5,7H,3-4,6,8H2,1-2H3/q+1. The SMILES string of the molecule is CCCC[N+]1(Cl)C=CN(C)C1. The van der Waals surface area contributed by atoms with Gasteiger partial charge in [-0.25, -0.2) is 0 Å². The Hall–Kier alpha value is -0.210. The van der Waals surface area contributed by atoms with Crippen LogP contribution >= 0.6 is 11.8 Å². The Morgan fingerprint density at radius 2 is 2.36 bits per heavy atom. The third kappa shape index (κ3) is 2.38. The maximum absolute atomic E-state index is 6.25. The van der Waals surface area contributed by atoms with Crippen LogP contribution in [0.3, 0.4) is 0 Å². The van der Waals surface area contributed by atoms with Crippen molar-refractivity contribution in [3.63, 3.8) is 0 Å². The zero-order valence-corrected chi connectivity index (χ0v) is 8.01. The lowest BCUT2D eigenvalue weighted by atomic mass is 10.3. The predicted octanol–water partition coefficient (Wildman–Crippen LogP) is 2.13. The third-order valence-electron chi connectivity index (χ3n) is 1.93. The molecule has 0 saturated heterocycles. The van der Waals surface area contributed by atoms with Crippen molar-refractivity contribution in [1.82, 2.24) is 4.90 Å². The van der Waals surface area contributed by atoms with Crippen LogP contribution in [0.25, 0.3) is 0 Å². The van der Waals surface area contributed by atoms with Crippen LogP contribution in [-0.4, -0.2) is 29.2 Å². The van der Waals surface area contributed by atoms with Gasteiger partial charge < -0.3 is 4.90 Å². The Balaban J connectivity index is 2.37. The number of unbranched alkanes of at least 4 members (excludes halogenated alkanes) is 1. The lowest BCUT2D eigenvalue weighted by Crippen LogP contribution is -2.35. The van der Waals surface area contributed by atoms with Crippen molar-refractivity contribution in [1.29, 1.82) is 0 Å². The first-order chi connectivity index (χ1) is 5.16. The van der Waals surface area contributed by atoms with Gasteiger partial charge in [-0.3, -0.25) is 0 Å². The Labute approximate surface area is 73.7 Å². The predicted molar refractivity (Wildman–Crippen MR) is 47.7 cm³/mol. The molecule has 1 heterocycles. The van der Waals surface area contributed by atoms with Gasteiger partial charge >= 0.3 is 0 Å². The molecule has 0 spiro atoms. The van der Waals surface area contributed by atoms with Crippen molar-refractivity contribution in [2.45, 2.75) is 19.8 Å². The molecular formula is C8H16ClN2+. The van der Waals surface area contributed by atoms with Gasteiger partial charge in [0.15, 0.2) is 18.4 Å². The summed E-state index contributed by atoms with van der Waals surface area (Å²) in [5.74, 6) is 0. The zero-order chi connectivity index (χ0) is 8.32. The fourth-order valence-electron chi connectivity index (χ4n) is 1.26. The molecule has 0 radical (unpaired) electrons. The van der Waals surface area contributed by atoms with Crippen molar-refractivity contribution in [3.05, 3.63) is 12.4 Å². The van der Waals surface area contributed by atoms with Crippen LogP contribution < -0.4 is 0 Å². The highest BCUT2D eigenvalue weighted by molar-refractivity contribution is 6.07. The van der Waals surface area contributed by atoms with Gasteiger partial charge in [-0.05, 0) is 6.42 Å². The van der Waals surface area contributed by atoms with Gasteiger partial charge in [-0.15, -0.1) is 0 Å². The van der Waals surface area contributed by atoms with Crippen LogP contribution in [0.15, 0.2) is 12.4 Å². The van der Waals surface area contributed by atoms with Crippen LogP contribution in [0, 0.1) is 0 Å². The number of nitrogens with zero attached hydrogens (tertiary/aromatic N) is 2. The average Bonchev–Trinajstić information content (AvgIpc) is 2.28. The number of hydrogen-bond acceptors (Lipinski definition) is 1. The molecule has 1 aliphatic heterocycles. The number of halogens is 1. The van der Waals surface area contributed by atoms with E-state index >= 15 is 0 Å². The first-order valence-electron chi connectivity index (χ1n) is 4.12. The maximum Gasteiger partial charge on any atom is 0.175 e. The van der Waals surface area contributed by atoms with Crippen LogP contribution in [-0.2, 0) is 0 Å². The quantitative estimate of drug-likeness (QED) is 0.595. The van der Waals surface area contributed by atoms with E-state index in [9.17, 15) is 0 Å². The molecule has 0 bridgehead atoms. The van der Waals surface area contributed by atoms with Gasteiger partial charge in [-0.1, -0.05) is 13.3 Å². The fraction of sp³-hybridized carbons (Fsp3) is 0.750. The summed E-state index contributed by atoms with van der Waals surface area (Å²) < 4.78 is 0.560. The third-order valence-corrected chi connectivity index (χ3v) is 2.32. The number of rotatable bonds is 3. The first kappa shape index (κ1) is 8.88. The van der Waals surface area contributed by atoms with Crippen LogP contribution in [0.5, 0.6) is 0 Å². The highest BCUT2D eigenvalue weighted by Gasteiger charge is 2.28.